The summed E-state index contributed by atoms with van der Waals surface area (Å²) in [5, 5.41) is 26.4. The summed E-state index contributed by atoms with van der Waals surface area (Å²) < 4.78 is 7.28. The van der Waals surface area contributed by atoms with Gasteiger partial charge in [-0.1, -0.05) is 24.3 Å². The summed E-state index contributed by atoms with van der Waals surface area (Å²) in [6.45, 7) is 4.11. The molecule has 0 unspecified atom stereocenters. The van der Waals surface area contributed by atoms with E-state index in [-0.39, 0.29) is 5.91 Å². The summed E-state index contributed by atoms with van der Waals surface area (Å²) >= 11 is 0. The van der Waals surface area contributed by atoms with Crippen LogP contribution in [0.15, 0.2) is 36.9 Å². The molecule has 2 aromatic heterocycles. The van der Waals surface area contributed by atoms with Crippen molar-refractivity contribution in [3.8, 4) is 0 Å². The third kappa shape index (κ3) is 3.84. The molecule has 3 heterocycles. The van der Waals surface area contributed by atoms with E-state index in [9.17, 15) is 15.0 Å². The van der Waals surface area contributed by atoms with Gasteiger partial charge in [-0.15, -0.1) is 0 Å². The minimum atomic E-state index is -1.08. The van der Waals surface area contributed by atoms with E-state index in [1.165, 1.54) is 19.6 Å². The molecule has 3 aromatic rings. The molecule has 1 fully saturated rings. The SMILES string of the molecule is CC(=O)NCc1ccccc1CNc1ncnc2c1ncn2[C@@H]1O[C@H](C)[C@@H](O)[C@H]1O. The van der Waals surface area contributed by atoms with Crippen molar-refractivity contribution in [1.29, 1.82) is 0 Å². The fraction of sp³-hybridized carbons (Fsp3) is 0.400. The van der Waals surface area contributed by atoms with E-state index in [1.807, 2.05) is 24.3 Å². The van der Waals surface area contributed by atoms with Gasteiger partial charge in [0, 0.05) is 20.0 Å². The Bertz CT molecular complexity index is 1050. The van der Waals surface area contributed by atoms with Gasteiger partial charge in [0.2, 0.25) is 5.91 Å². The molecule has 0 saturated carbocycles. The van der Waals surface area contributed by atoms with E-state index in [0.717, 1.165) is 11.1 Å². The van der Waals surface area contributed by atoms with Gasteiger partial charge in [0.15, 0.2) is 23.2 Å². The van der Waals surface area contributed by atoms with Crippen LogP contribution in [0.2, 0.25) is 0 Å². The minimum absolute atomic E-state index is 0.0865. The highest BCUT2D eigenvalue weighted by Gasteiger charge is 2.42. The maximum absolute atomic E-state index is 11.2. The molecular weight excluding hydrogens is 388 g/mol. The van der Waals surface area contributed by atoms with Crippen LogP contribution in [0.3, 0.4) is 0 Å². The van der Waals surface area contributed by atoms with Crippen LogP contribution in [0, 0.1) is 0 Å². The lowest BCUT2D eigenvalue weighted by atomic mass is 10.1. The quantitative estimate of drug-likeness (QED) is 0.465. The number of ether oxygens (including phenoxy) is 1. The number of benzene rings is 1. The van der Waals surface area contributed by atoms with Crippen LogP contribution < -0.4 is 10.6 Å². The Morgan fingerprint density at radius 2 is 1.87 bits per heavy atom. The molecule has 4 rings (SSSR count). The molecule has 4 atom stereocenters. The third-order valence-electron chi connectivity index (χ3n) is 5.20. The van der Waals surface area contributed by atoms with Crippen molar-refractivity contribution in [2.45, 2.75) is 51.5 Å². The highest BCUT2D eigenvalue weighted by atomic mass is 16.6. The normalized spacial score (nSPS) is 23.6. The number of carbonyl (C=O) groups excluding carboxylic acids is 1. The summed E-state index contributed by atoms with van der Waals surface area (Å²) in [6, 6.07) is 7.80. The van der Waals surface area contributed by atoms with Crippen molar-refractivity contribution in [3.05, 3.63) is 48.0 Å². The third-order valence-corrected chi connectivity index (χ3v) is 5.20. The van der Waals surface area contributed by atoms with Gasteiger partial charge in [0.25, 0.3) is 0 Å². The van der Waals surface area contributed by atoms with Crippen LogP contribution in [-0.2, 0) is 22.6 Å². The number of carbonyl (C=O) groups is 1. The van der Waals surface area contributed by atoms with E-state index in [2.05, 4.69) is 25.6 Å². The number of aliphatic hydroxyl groups excluding tert-OH is 2. The van der Waals surface area contributed by atoms with Crippen LogP contribution >= 0.6 is 0 Å². The van der Waals surface area contributed by atoms with Gasteiger partial charge >= 0.3 is 0 Å². The Kier molecular flexibility index (Phi) is 5.62. The molecule has 158 valence electrons. The number of nitrogens with zero attached hydrogens (tertiary/aromatic N) is 4. The van der Waals surface area contributed by atoms with E-state index < -0.39 is 24.5 Å². The molecule has 1 saturated heterocycles. The lowest BCUT2D eigenvalue weighted by Crippen LogP contribution is -2.30. The minimum Gasteiger partial charge on any atom is -0.388 e. The summed E-state index contributed by atoms with van der Waals surface area (Å²) in [6.07, 6.45) is -0.402. The number of anilines is 1. The van der Waals surface area contributed by atoms with E-state index in [0.29, 0.717) is 30.1 Å². The van der Waals surface area contributed by atoms with Crippen molar-refractivity contribution in [3.63, 3.8) is 0 Å². The zero-order valence-corrected chi connectivity index (χ0v) is 16.7. The number of rotatable bonds is 6. The zero-order chi connectivity index (χ0) is 21.3. The molecule has 0 bridgehead atoms. The molecule has 0 spiro atoms. The van der Waals surface area contributed by atoms with E-state index in [4.69, 9.17) is 4.74 Å². The topological polar surface area (TPSA) is 134 Å². The summed E-state index contributed by atoms with van der Waals surface area (Å²) in [5.41, 5.74) is 3.04. The largest absolute Gasteiger partial charge is 0.388 e. The number of amides is 1. The highest BCUT2D eigenvalue weighted by Crippen LogP contribution is 2.32. The van der Waals surface area contributed by atoms with Crippen molar-refractivity contribution in [1.82, 2.24) is 24.8 Å². The number of hydrogen-bond acceptors (Lipinski definition) is 8. The summed E-state index contributed by atoms with van der Waals surface area (Å²) in [4.78, 5) is 24.2. The predicted octanol–water partition coefficient (Wildman–Crippen LogP) is 0.714. The van der Waals surface area contributed by atoms with Crippen LogP contribution in [0.1, 0.15) is 31.2 Å². The van der Waals surface area contributed by atoms with Crippen molar-refractivity contribution in [2.24, 2.45) is 0 Å². The smallest absolute Gasteiger partial charge is 0.217 e. The average molecular weight is 412 g/mol. The van der Waals surface area contributed by atoms with Crippen LogP contribution in [-0.4, -0.2) is 54.0 Å². The first-order valence-electron chi connectivity index (χ1n) is 9.70. The number of hydrogen-bond donors (Lipinski definition) is 4. The second kappa shape index (κ2) is 8.34. The number of imidazole rings is 1. The zero-order valence-electron chi connectivity index (χ0n) is 16.7. The van der Waals surface area contributed by atoms with Crippen LogP contribution in [0.25, 0.3) is 11.2 Å². The number of aliphatic hydroxyl groups is 2. The molecule has 1 aromatic carbocycles. The lowest BCUT2D eigenvalue weighted by Gasteiger charge is -2.16. The van der Waals surface area contributed by atoms with Gasteiger partial charge in [-0.2, -0.15) is 0 Å². The Morgan fingerprint density at radius 3 is 2.53 bits per heavy atom. The Morgan fingerprint density at radius 1 is 1.13 bits per heavy atom. The second-order valence-corrected chi connectivity index (χ2v) is 7.29. The molecule has 1 aliphatic heterocycles. The van der Waals surface area contributed by atoms with Gasteiger partial charge in [0.1, 0.15) is 18.5 Å². The van der Waals surface area contributed by atoms with Gasteiger partial charge in [-0.25, -0.2) is 15.0 Å². The van der Waals surface area contributed by atoms with Gasteiger partial charge in [0.05, 0.1) is 12.4 Å². The highest BCUT2D eigenvalue weighted by molar-refractivity contribution is 5.82. The van der Waals surface area contributed by atoms with Crippen LogP contribution in [0.4, 0.5) is 5.82 Å². The Hall–Kier alpha value is -3.08. The molecule has 10 nitrogen and oxygen atoms in total. The fourth-order valence-corrected chi connectivity index (χ4v) is 3.53. The molecule has 0 aliphatic carbocycles. The number of aromatic nitrogens is 4. The molecule has 1 amide bonds. The Balaban J connectivity index is 1.56. The molecule has 30 heavy (non-hydrogen) atoms. The summed E-state index contributed by atoms with van der Waals surface area (Å²) in [7, 11) is 0. The molecule has 4 N–H and O–H groups in total. The molecule has 1 aliphatic rings. The van der Waals surface area contributed by atoms with Crippen molar-refractivity contribution in [2.75, 3.05) is 5.32 Å². The average Bonchev–Trinajstić information content (AvgIpc) is 3.28. The number of fused-ring (bicyclic) bond motifs is 1. The maximum atomic E-state index is 11.2. The molecule has 0 radical (unpaired) electrons. The lowest BCUT2D eigenvalue weighted by molar-refractivity contribution is -0.119. The van der Waals surface area contributed by atoms with Crippen molar-refractivity contribution >= 4 is 22.9 Å². The molecular formula is C20H24N6O4. The summed E-state index contributed by atoms with van der Waals surface area (Å²) in [5.74, 6) is 0.450. The van der Waals surface area contributed by atoms with Gasteiger partial charge in [-0.3, -0.25) is 9.36 Å². The van der Waals surface area contributed by atoms with E-state index >= 15 is 0 Å². The first kappa shape index (κ1) is 20.2. The standard InChI is InChI=1S/C20H24N6O4/c1-11-16(28)17(29)20(30-11)26-10-25-15-18(23-9-24-19(15)26)22-8-14-6-4-3-5-13(14)7-21-12(2)27/h3-6,9-11,16-17,20,28-29H,7-8H2,1-2H3,(H,21,27)(H,22,23,24)/t11-,16-,17-,20-/m1/s1. The monoisotopic (exact) mass is 412 g/mol. The molecule has 10 heteroatoms. The Labute approximate surface area is 172 Å². The fourth-order valence-electron chi connectivity index (χ4n) is 3.53. The first-order valence-corrected chi connectivity index (χ1v) is 9.70. The number of nitrogens with one attached hydrogen (secondary N) is 2. The predicted molar refractivity (Wildman–Crippen MR) is 108 cm³/mol. The van der Waals surface area contributed by atoms with Crippen LogP contribution in [0.5, 0.6) is 0 Å². The van der Waals surface area contributed by atoms with Crippen molar-refractivity contribution < 1.29 is 19.7 Å². The second-order valence-electron chi connectivity index (χ2n) is 7.29. The van der Waals surface area contributed by atoms with E-state index in [1.54, 1.807) is 11.5 Å². The van der Waals surface area contributed by atoms with Gasteiger partial charge in [-0.05, 0) is 18.1 Å². The first-order chi connectivity index (χ1) is 14.5. The maximum Gasteiger partial charge on any atom is 0.217 e. The van der Waals surface area contributed by atoms with Gasteiger partial charge < -0.3 is 25.6 Å².